The van der Waals surface area contributed by atoms with E-state index in [9.17, 15) is 0 Å². The van der Waals surface area contributed by atoms with Gasteiger partial charge in [0.25, 0.3) is 0 Å². The molecule has 13 rings (SSSR count). The second-order valence-electron chi connectivity index (χ2n) is 30.0. The maximum atomic E-state index is 2.62. The molecule has 0 aliphatic carbocycles. The zero-order valence-electron chi connectivity index (χ0n) is 63.6. The van der Waals surface area contributed by atoms with Crippen LogP contribution in [-0.4, -0.2) is 21.4 Å². The minimum atomic E-state index is -1.22. The fourth-order valence-electron chi connectivity index (χ4n) is 17.1. The molecule has 6 heteroatoms. The molecular weight excluding hydrogens is 1250 g/mol. The fraction of sp³-hybridized carbons (Fsp3) is 0.327. The van der Waals surface area contributed by atoms with Crippen molar-refractivity contribution in [3.05, 3.63) is 349 Å². The second kappa shape index (κ2) is 40.7. The lowest BCUT2D eigenvalue weighted by Gasteiger charge is -2.44. The SMILES string of the molecule is CCCCCCCc1cc2c(cc1CCCCCCC)C[n+]1ccn(c1)Cc1cc(CCCCCCC)c(CCCCCCC)cc1C[n+]1ccn(c1)C2.c1ccc([B-](c2ccccc2)(c2ccccc2)c2ccccc2)cc1.c1ccc([B-](c2ccccc2)(c2ccccc2)c2ccccc2)cc1. The zero-order valence-corrected chi connectivity index (χ0v) is 63.6. The van der Waals surface area contributed by atoms with Crippen LogP contribution in [0.1, 0.15) is 201 Å². The van der Waals surface area contributed by atoms with Crippen LogP contribution < -0.4 is 52.8 Å². The number of aromatic nitrogens is 4. The molecule has 104 heavy (non-hydrogen) atoms. The van der Waals surface area contributed by atoms with Gasteiger partial charge in [0.1, 0.15) is 63.3 Å². The van der Waals surface area contributed by atoms with Gasteiger partial charge < -0.3 is 0 Å². The quantitative estimate of drug-likeness (QED) is 0.0227. The molecule has 0 saturated carbocycles. The highest BCUT2D eigenvalue weighted by Gasteiger charge is 2.33. The Hall–Kier alpha value is -9.25. The molecule has 0 amide bonds. The topological polar surface area (TPSA) is 17.6 Å². The molecule has 4 bridgehead atoms. The van der Waals surface area contributed by atoms with E-state index < -0.39 is 12.3 Å². The smallest absolute Gasteiger partial charge is 0.233 e. The van der Waals surface area contributed by atoms with E-state index in [4.69, 9.17) is 0 Å². The summed E-state index contributed by atoms with van der Waals surface area (Å²) in [7, 11) is 0. The standard InChI is InChI=1S/C50H78N4.2C24H20B/c1-5-9-13-17-21-25-43-33-47-37-51-29-30-53(41-51)39-49-35-45(27-23-19-15-11-7-3)46(28-24-20-16-12-8-4)36-50(49)40-54-32-31-52(42-54)38-48(47)34-44(43)26-22-18-14-10-6-2;2*1-5-13-21(14-6-1)25(22-15-7-2-8-16-22,23-17-9-3-10-18-23)24-19-11-4-12-20-24/h29-36,41-42H,5-28,37-40H2,1-4H3;2*1-20H/q+2;2*-1. The second-order valence-corrected chi connectivity index (χ2v) is 30.0. The Balaban J connectivity index is 0.000000178. The van der Waals surface area contributed by atoms with E-state index in [1.165, 1.54) is 220 Å². The summed E-state index contributed by atoms with van der Waals surface area (Å²) in [6, 6.07) is 97.5. The van der Waals surface area contributed by atoms with Crippen LogP contribution in [0.3, 0.4) is 0 Å². The molecule has 0 saturated heterocycles. The van der Waals surface area contributed by atoms with Gasteiger partial charge in [-0.15, -0.1) is 0 Å². The molecule has 4 nitrogen and oxygen atoms in total. The van der Waals surface area contributed by atoms with E-state index in [2.05, 4.69) is 350 Å². The number of benzene rings is 10. The number of aryl methyl sites for hydroxylation is 4. The van der Waals surface area contributed by atoms with E-state index in [0.29, 0.717) is 0 Å². The molecular formula is C98H118B2N4. The maximum Gasteiger partial charge on any atom is 0.244 e. The lowest BCUT2D eigenvalue weighted by atomic mass is 9.13. The van der Waals surface area contributed by atoms with Crippen molar-refractivity contribution in [3.63, 3.8) is 0 Å². The lowest BCUT2D eigenvalue weighted by molar-refractivity contribution is -0.688. The first-order chi connectivity index (χ1) is 51.4. The molecule has 12 aromatic rings. The largest absolute Gasteiger partial charge is 0.244 e. The Labute approximate surface area is 627 Å². The number of unbranched alkanes of at least 4 members (excludes halogenated alkanes) is 16. The van der Waals surface area contributed by atoms with Crippen LogP contribution in [0, 0.1) is 0 Å². The van der Waals surface area contributed by atoms with Crippen LogP contribution in [-0.2, 0) is 51.9 Å². The first kappa shape index (κ1) is 75.9. The van der Waals surface area contributed by atoms with Crippen LogP contribution in [0.25, 0.3) is 0 Å². The van der Waals surface area contributed by atoms with Crippen molar-refractivity contribution in [3.8, 4) is 0 Å². The van der Waals surface area contributed by atoms with Gasteiger partial charge in [0.2, 0.25) is 12.7 Å². The summed E-state index contributed by atoms with van der Waals surface area (Å²) in [5, 5.41) is 0. The van der Waals surface area contributed by atoms with Gasteiger partial charge in [-0.25, -0.2) is 18.3 Å². The highest BCUT2D eigenvalue weighted by Crippen LogP contribution is 2.27. The lowest BCUT2D eigenvalue weighted by Crippen LogP contribution is -2.74. The van der Waals surface area contributed by atoms with Crippen molar-refractivity contribution in [2.45, 2.75) is 208 Å². The van der Waals surface area contributed by atoms with E-state index in [1.807, 2.05) is 0 Å². The minimum absolute atomic E-state index is 0.927. The van der Waals surface area contributed by atoms with E-state index in [1.54, 1.807) is 22.3 Å². The predicted molar refractivity (Wildman–Crippen MR) is 449 cm³/mol. The average Bonchev–Trinajstić information content (AvgIpc) is 0.754. The van der Waals surface area contributed by atoms with Gasteiger partial charge in [0.15, 0.2) is 0 Å². The molecule has 1 aliphatic rings. The summed E-state index contributed by atoms with van der Waals surface area (Å²) < 4.78 is 9.76. The third-order valence-corrected chi connectivity index (χ3v) is 22.5. The highest BCUT2D eigenvalue weighted by atomic mass is 15.1. The summed E-state index contributed by atoms with van der Waals surface area (Å²) >= 11 is 0. The molecule has 0 radical (unpaired) electrons. The van der Waals surface area contributed by atoms with E-state index in [-0.39, 0.29) is 0 Å². The normalized spacial score (nSPS) is 12.0. The van der Waals surface area contributed by atoms with Crippen molar-refractivity contribution in [1.82, 2.24) is 9.13 Å². The predicted octanol–water partition coefficient (Wildman–Crippen LogP) is 18.6. The Morgan fingerprint density at radius 1 is 0.250 bits per heavy atom. The van der Waals surface area contributed by atoms with Crippen LogP contribution in [0.2, 0.25) is 0 Å². The summed E-state index contributed by atoms with van der Waals surface area (Å²) in [4.78, 5) is 0. The summed E-state index contributed by atoms with van der Waals surface area (Å²) in [6.07, 6.45) is 43.3. The molecule has 10 aromatic carbocycles. The van der Waals surface area contributed by atoms with E-state index in [0.717, 1.165) is 26.2 Å². The van der Waals surface area contributed by atoms with Gasteiger partial charge in [0.05, 0.1) is 0 Å². The van der Waals surface area contributed by atoms with Gasteiger partial charge in [0, 0.05) is 22.3 Å². The number of hydrogen-bond acceptors (Lipinski definition) is 0. The first-order valence-electron chi connectivity index (χ1n) is 40.6. The monoisotopic (exact) mass is 1370 g/mol. The molecule has 1 aliphatic heterocycles. The molecule has 2 aromatic heterocycles. The van der Waals surface area contributed by atoms with Crippen molar-refractivity contribution in [2.75, 3.05) is 0 Å². The fourth-order valence-corrected chi connectivity index (χ4v) is 17.1. The number of imidazole rings is 2. The van der Waals surface area contributed by atoms with Gasteiger partial charge in [-0.05, 0) is 73.6 Å². The Bertz CT molecular complexity index is 3640. The molecule has 3 heterocycles. The van der Waals surface area contributed by atoms with Crippen molar-refractivity contribution >= 4 is 56.0 Å². The maximum absolute atomic E-state index is 2.62. The molecule has 536 valence electrons. The number of fused-ring (bicyclic) bond motifs is 6. The van der Waals surface area contributed by atoms with Crippen molar-refractivity contribution in [1.29, 1.82) is 0 Å². The highest BCUT2D eigenvalue weighted by molar-refractivity contribution is 7.20. The number of hydrogen-bond donors (Lipinski definition) is 0. The van der Waals surface area contributed by atoms with Crippen LogP contribution in [0.4, 0.5) is 0 Å². The molecule has 0 N–H and O–H groups in total. The number of rotatable bonds is 32. The third kappa shape index (κ3) is 20.2. The Kier molecular flexibility index (Phi) is 29.7. The van der Waals surface area contributed by atoms with Crippen molar-refractivity contribution < 1.29 is 9.13 Å². The Morgan fingerprint density at radius 3 is 0.663 bits per heavy atom. The minimum Gasteiger partial charge on any atom is -0.233 e. The molecule has 0 unspecified atom stereocenters. The summed E-state index contributed by atoms with van der Waals surface area (Å²) in [5.74, 6) is 0. The Morgan fingerprint density at radius 2 is 0.452 bits per heavy atom. The van der Waals surface area contributed by atoms with Crippen LogP contribution in [0.15, 0.2) is 304 Å². The van der Waals surface area contributed by atoms with Gasteiger partial charge in [-0.1, -0.05) is 397 Å². The van der Waals surface area contributed by atoms with Gasteiger partial charge >= 0.3 is 0 Å². The van der Waals surface area contributed by atoms with Gasteiger partial charge in [-0.3, -0.25) is 0 Å². The molecule has 0 fully saturated rings. The third-order valence-electron chi connectivity index (χ3n) is 22.5. The number of nitrogens with zero attached hydrogens (tertiary/aromatic N) is 4. The first-order valence-corrected chi connectivity index (χ1v) is 40.6. The average molecular weight is 1370 g/mol. The summed E-state index contributed by atoms with van der Waals surface area (Å²) in [6.45, 7) is 13.0. The zero-order chi connectivity index (χ0) is 71.7. The van der Waals surface area contributed by atoms with Gasteiger partial charge in [-0.2, -0.15) is 43.7 Å². The van der Waals surface area contributed by atoms with E-state index >= 15 is 0 Å². The van der Waals surface area contributed by atoms with Crippen LogP contribution in [0.5, 0.6) is 0 Å². The molecule has 0 atom stereocenters. The van der Waals surface area contributed by atoms with Crippen LogP contribution >= 0.6 is 0 Å². The molecule has 0 spiro atoms. The van der Waals surface area contributed by atoms with Crippen molar-refractivity contribution in [2.24, 2.45) is 0 Å². The summed E-state index contributed by atoms with van der Waals surface area (Å²) in [5.41, 5.74) is 23.1.